The van der Waals surface area contributed by atoms with Gasteiger partial charge in [-0.3, -0.25) is 4.79 Å². The lowest BCUT2D eigenvalue weighted by Crippen LogP contribution is -2.15. The molecule has 2 aromatic rings. The second-order valence-corrected chi connectivity index (χ2v) is 5.06. The van der Waals surface area contributed by atoms with Crippen molar-refractivity contribution >= 4 is 11.6 Å². The van der Waals surface area contributed by atoms with Crippen molar-refractivity contribution in [1.29, 1.82) is 0 Å². The summed E-state index contributed by atoms with van der Waals surface area (Å²) in [5.74, 6) is 1.37. The van der Waals surface area contributed by atoms with Crippen molar-refractivity contribution < 1.29 is 4.74 Å². The fourth-order valence-corrected chi connectivity index (χ4v) is 2.02. The number of hydrogen-bond acceptors (Lipinski definition) is 4. The minimum atomic E-state index is -0.140. The van der Waals surface area contributed by atoms with Crippen molar-refractivity contribution in [1.82, 2.24) is 9.97 Å². The predicted octanol–water partition coefficient (Wildman–Crippen LogP) is 1.94. The lowest BCUT2D eigenvalue weighted by atomic mass is 10.2. The van der Waals surface area contributed by atoms with Gasteiger partial charge in [0.05, 0.1) is 6.61 Å². The number of H-pyrrole nitrogens is 1. The molecule has 5 nitrogen and oxygen atoms in total. The van der Waals surface area contributed by atoms with Crippen LogP contribution in [-0.2, 0) is 12.8 Å². The molecular formula is C15H18ClN3O2. The van der Waals surface area contributed by atoms with Crippen LogP contribution < -0.4 is 16.0 Å². The average molecular weight is 308 g/mol. The number of halogens is 1. The molecule has 0 aliphatic carbocycles. The van der Waals surface area contributed by atoms with Gasteiger partial charge in [0.25, 0.3) is 5.56 Å². The third-order valence-electron chi connectivity index (χ3n) is 2.90. The van der Waals surface area contributed by atoms with Crippen molar-refractivity contribution in [3.8, 4) is 5.75 Å². The lowest BCUT2D eigenvalue weighted by molar-refractivity contribution is 0.318. The van der Waals surface area contributed by atoms with Crippen molar-refractivity contribution in [2.75, 3.05) is 13.2 Å². The summed E-state index contributed by atoms with van der Waals surface area (Å²) in [5, 5.41) is 0.668. The number of nitrogens with one attached hydrogen (secondary N) is 1. The van der Waals surface area contributed by atoms with Crippen LogP contribution >= 0.6 is 11.6 Å². The summed E-state index contributed by atoms with van der Waals surface area (Å²) in [5.41, 5.74) is 6.09. The summed E-state index contributed by atoms with van der Waals surface area (Å²) in [4.78, 5) is 18.7. The van der Waals surface area contributed by atoms with Crippen LogP contribution in [0, 0.1) is 0 Å². The van der Waals surface area contributed by atoms with Gasteiger partial charge < -0.3 is 15.5 Å². The quantitative estimate of drug-likeness (QED) is 0.819. The van der Waals surface area contributed by atoms with E-state index in [-0.39, 0.29) is 5.56 Å². The number of aryl methyl sites for hydroxylation is 1. The van der Waals surface area contributed by atoms with E-state index in [1.807, 2.05) is 0 Å². The fourth-order valence-electron chi connectivity index (χ4n) is 1.89. The normalized spacial score (nSPS) is 10.6. The molecule has 0 saturated heterocycles. The molecule has 0 atom stereocenters. The average Bonchev–Trinajstić information content (AvgIpc) is 2.47. The van der Waals surface area contributed by atoms with Crippen molar-refractivity contribution in [3.63, 3.8) is 0 Å². The van der Waals surface area contributed by atoms with Gasteiger partial charge in [-0.2, -0.15) is 0 Å². The van der Waals surface area contributed by atoms with E-state index in [2.05, 4.69) is 9.97 Å². The zero-order valence-electron chi connectivity index (χ0n) is 11.6. The molecule has 1 heterocycles. The molecule has 0 spiro atoms. The van der Waals surface area contributed by atoms with Crippen LogP contribution in [0.15, 0.2) is 35.1 Å². The van der Waals surface area contributed by atoms with Gasteiger partial charge >= 0.3 is 0 Å². The molecule has 0 fully saturated rings. The predicted molar refractivity (Wildman–Crippen MR) is 82.9 cm³/mol. The number of hydrogen-bond donors (Lipinski definition) is 2. The Hall–Kier alpha value is -1.85. The Morgan fingerprint density at radius 1 is 1.24 bits per heavy atom. The van der Waals surface area contributed by atoms with Gasteiger partial charge in [0.15, 0.2) is 0 Å². The summed E-state index contributed by atoms with van der Waals surface area (Å²) in [6.45, 7) is 1.02. The minimum Gasteiger partial charge on any atom is -0.493 e. The van der Waals surface area contributed by atoms with Crippen LogP contribution in [0.2, 0.25) is 5.02 Å². The van der Waals surface area contributed by atoms with E-state index in [1.54, 1.807) is 24.3 Å². The number of ether oxygens (including phenoxy) is 1. The molecule has 6 heteroatoms. The maximum absolute atomic E-state index is 11.6. The zero-order chi connectivity index (χ0) is 15.1. The van der Waals surface area contributed by atoms with Crippen LogP contribution in [0.1, 0.15) is 17.9 Å². The number of aromatic amines is 1. The number of benzene rings is 1. The third kappa shape index (κ3) is 5.21. The highest BCUT2D eigenvalue weighted by Gasteiger charge is 2.02. The Morgan fingerprint density at radius 3 is 2.71 bits per heavy atom. The molecule has 0 unspecified atom stereocenters. The van der Waals surface area contributed by atoms with Gasteiger partial charge in [-0.15, -0.1) is 0 Å². The molecule has 0 saturated carbocycles. The molecule has 21 heavy (non-hydrogen) atoms. The molecule has 1 aromatic carbocycles. The highest BCUT2D eigenvalue weighted by molar-refractivity contribution is 6.30. The van der Waals surface area contributed by atoms with E-state index in [0.717, 1.165) is 17.9 Å². The summed E-state index contributed by atoms with van der Waals surface area (Å²) in [6, 6.07) is 8.65. The van der Waals surface area contributed by atoms with E-state index in [9.17, 15) is 4.79 Å². The summed E-state index contributed by atoms with van der Waals surface area (Å²) in [7, 11) is 0. The SMILES string of the molecule is NCCCc1cc(=O)[nH]c(CCOc2ccc(Cl)cc2)n1. The van der Waals surface area contributed by atoms with Crippen LogP contribution in [0.3, 0.4) is 0 Å². The second-order valence-electron chi connectivity index (χ2n) is 4.63. The molecule has 2 rings (SSSR count). The van der Waals surface area contributed by atoms with E-state index in [1.165, 1.54) is 6.07 Å². The number of nitrogens with two attached hydrogens (primary N) is 1. The van der Waals surface area contributed by atoms with Gasteiger partial charge in [0, 0.05) is 23.2 Å². The van der Waals surface area contributed by atoms with Crippen molar-refractivity contribution in [2.45, 2.75) is 19.3 Å². The maximum atomic E-state index is 11.6. The number of nitrogens with zero attached hydrogens (tertiary/aromatic N) is 1. The zero-order valence-corrected chi connectivity index (χ0v) is 12.4. The second kappa shape index (κ2) is 7.81. The van der Waals surface area contributed by atoms with E-state index in [0.29, 0.717) is 36.8 Å². The smallest absolute Gasteiger partial charge is 0.251 e. The molecule has 0 radical (unpaired) electrons. The highest BCUT2D eigenvalue weighted by atomic mass is 35.5. The number of rotatable bonds is 7. The molecule has 1 aromatic heterocycles. The van der Waals surface area contributed by atoms with Crippen molar-refractivity contribution in [3.05, 3.63) is 57.2 Å². The summed E-state index contributed by atoms with van der Waals surface area (Å²) < 4.78 is 5.59. The molecule has 112 valence electrons. The van der Waals surface area contributed by atoms with E-state index < -0.39 is 0 Å². The third-order valence-corrected chi connectivity index (χ3v) is 3.15. The van der Waals surface area contributed by atoms with Crippen LogP contribution in [0.5, 0.6) is 5.75 Å². The Bertz CT molecular complexity index is 626. The topological polar surface area (TPSA) is 81.0 Å². The van der Waals surface area contributed by atoms with Gasteiger partial charge in [-0.25, -0.2) is 4.98 Å². The van der Waals surface area contributed by atoms with Gasteiger partial charge in [-0.1, -0.05) is 11.6 Å². The first-order chi connectivity index (χ1) is 10.2. The molecule has 0 amide bonds. The Kier molecular flexibility index (Phi) is 5.78. The van der Waals surface area contributed by atoms with Crippen LogP contribution in [0.25, 0.3) is 0 Å². The largest absolute Gasteiger partial charge is 0.493 e. The van der Waals surface area contributed by atoms with Crippen LogP contribution in [0.4, 0.5) is 0 Å². The number of aromatic nitrogens is 2. The van der Waals surface area contributed by atoms with E-state index >= 15 is 0 Å². The standard InChI is InChI=1S/C15H18ClN3O2/c16-11-3-5-13(6-4-11)21-9-7-14-18-12(2-1-8-17)10-15(20)19-14/h3-6,10H,1-2,7-9,17H2,(H,18,19,20). The van der Waals surface area contributed by atoms with E-state index in [4.69, 9.17) is 22.1 Å². The van der Waals surface area contributed by atoms with Crippen LogP contribution in [-0.4, -0.2) is 23.1 Å². The monoisotopic (exact) mass is 307 g/mol. The van der Waals surface area contributed by atoms with Gasteiger partial charge in [-0.05, 0) is 43.7 Å². The molecule has 0 aliphatic rings. The Labute approximate surface area is 128 Å². The van der Waals surface area contributed by atoms with Crippen molar-refractivity contribution in [2.24, 2.45) is 5.73 Å². The minimum absolute atomic E-state index is 0.140. The lowest BCUT2D eigenvalue weighted by Gasteiger charge is -2.07. The maximum Gasteiger partial charge on any atom is 0.251 e. The van der Waals surface area contributed by atoms with Gasteiger partial charge in [0.1, 0.15) is 11.6 Å². The highest BCUT2D eigenvalue weighted by Crippen LogP contribution is 2.15. The molecule has 3 N–H and O–H groups in total. The first-order valence-electron chi connectivity index (χ1n) is 6.85. The molecule has 0 aliphatic heterocycles. The fraction of sp³-hybridized carbons (Fsp3) is 0.333. The Morgan fingerprint density at radius 2 is 2.00 bits per heavy atom. The first kappa shape index (κ1) is 15.5. The first-order valence-corrected chi connectivity index (χ1v) is 7.23. The van der Waals surface area contributed by atoms with Gasteiger partial charge in [0.2, 0.25) is 0 Å². The Balaban J connectivity index is 1.91. The molecule has 0 bridgehead atoms. The summed E-state index contributed by atoms with van der Waals surface area (Å²) >= 11 is 5.80. The summed E-state index contributed by atoms with van der Waals surface area (Å²) in [6.07, 6.45) is 2.07. The molecular weight excluding hydrogens is 290 g/mol.